The lowest BCUT2D eigenvalue weighted by Gasteiger charge is -2.17. The van der Waals surface area contributed by atoms with Crippen molar-refractivity contribution < 1.29 is 23.1 Å². The highest BCUT2D eigenvalue weighted by molar-refractivity contribution is 7.89. The van der Waals surface area contributed by atoms with Gasteiger partial charge in [0.05, 0.1) is 10.8 Å². The summed E-state index contributed by atoms with van der Waals surface area (Å²) in [5, 5.41) is 11.8. The van der Waals surface area contributed by atoms with Crippen LogP contribution < -0.4 is 5.32 Å². The monoisotopic (exact) mass is 338 g/mol. The average molecular weight is 338 g/mol. The van der Waals surface area contributed by atoms with Crippen LogP contribution in [0.3, 0.4) is 0 Å². The molecule has 2 N–H and O–H groups in total. The first-order chi connectivity index (χ1) is 10.9. The Kier molecular flexibility index (Phi) is 4.11. The molecule has 1 unspecified atom stereocenters. The molecule has 0 bridgehead atoms. The Morgan fingerprint density at radius 2 is 2.09 bits per heavy atom. The highest BCUT2D eigenvalue weighted by Crippen LogP contribution is 2.29. The number of hydrogen-bond donors (Lipinski definition) is 2. The van der Waals surface area contributed by atoms with Gasteiger partial charge in [-0.2, -0.15) is 4.31 Å². The SMILES string of the molecule is O=C1CCCc2cc(S(=O)(=O)N3CCC(C(=O)O)C3)ccc2N1. The Hall–Kier alpha value is -1.93. The highest BCUT2D eigenvalue weighted by atomic mass is 32.2. The van der Waals surface area contributed by atoms with Crippen molar-refractivity contribution in [2.24, 2.45) is 5.92 Å². The summed E-state index contributed by atoms with van der Waals surface area (Å²) in [4.78, 5) is 22.7. The van der Waals surface area contributed by atoms with Crippen LogP contribution in [0.1, 0.15) is 24.8 Å². The molecule has 0 aliphatic carbocycles. The van der Waals surface area contributed by atoms with Crippen molar-refractivity contribution in [3.8, 4) is 0 Å². The number of carboxylic acids is 1. The number of nitrogens with zero attached hydrogens (tertiary/aromatic N) is 1. The lowest BCUT2D eigenvalue weighted by molar-refractivity contribution is -0.141. The fraction of sp³-hybridized carbons (Fsp3) is 0.467. The van der Waals surface area contributed by atoms with Crippen molar-refractivity contribution in [2.45, 2.75) is 30.6 Å². The van der Waals surface area contributed by atoms with Crippen LogP contribution in [0.4, 0.5) is 5.69 Å². The summed E-state index contributed by atoms with van der Waals surface area (Å²) < 4.78 is 26.6. The lowest BCUT2D eigenvalue weighted by Crippen LogP contribution is -2.30. The van der Waals surface area contributed by atoms with E-state index in [0.717, 1.165) is 5.56 Å². The molecular weight excluding hydrogens is 320 g/mol. The van der Waals surface area contributed by atoms with Crippen molar-refractivity contribution in [1.82, 2.24) is 4.31 Å². The van der Waals surface area contributed by atoms with Gasteiger partial charge in [0.15, 0.2) is 0 Å². The third kappa shape index (κ3) is 3.09. The molecule has 124 valence electrons. The molecule has 1 aromatic carbocycles. The summed E-state index contributed by atoms with van der Waals surface area (Å²) in [7, 11) is -3.71. The Balaban J connectivity index is 1.88. The van der Waals surface area contributed by atoms with Gasteiger partial charge < -0.3 is 10.4 Å². The van der Waals surface area contributed by atoms with Gasteiger partial charge in [0.1, 0.15) is 0 Å². The number of sulfonamides is 1. The molecule has 2 aliphatic rings. The van der Waals surface area contributed by atoms with Crippen LogP contribution in [-0.4, -0.2) is 42.8 Å². The van der Waals surface area contributed by atoms with Crippen molar-refractivity contribution >= 4 is 27.6 Å². The predicted octanol–water partition coefficient (Wildman–Crippen LogP) is 1.06. The molecule has 1 aromatic rings. The molecule has 0 saturated carbocycles. The standard InChI is InChI=1S/C15H18N2O5S/c18-14-3-1-2-10-8-12(4-5-13(10)16-14)23(21,22)17-7-6-11(9-17)15(19)20/h4-5,8,11H,1-3,6-7,9H2,(H,16,18)(H,19,20). The van der Waals surface area contributed by atoms with E-state index in [4.69, 9.17) is 5.11 Å². The van der Waals surface area contributed by atoms with Crippen LogP contribution in [0.15, 0.2) is 23.1 Å². The van der Waals surface area contributed by atoms with Crippen LogP contribution in [0.5, 0.6) is 0 Å². The molecule has 0 spiro atoms. The van der Waals surface area contributed by atoms with E-state index in [1.807, 2.05) is 0 Å². The third-order valence-corrected chi connectivity index (χ3v) is 6.20. The molecule has 23 heavy (non-hydrogen) atoms. The maximum absolute atomic E-state index is 12.7. The van der Waals surface area contributed by atoms with Gasteiger partial charge in [-0.3, -0.25) is 9.59 Å². The minimum atomic E-state index is -3.71. The molecule has 2 heterocycles. The smallest absolute Gasteiger partial charge is 0.307 e. The molecular formula is C15H18N2O5S. The summed E-state index contributed by atoms with van der Waals surface area (Å²) in [5.74, 6) is -1.68. The molecule has 3 rings (SSSR count). The van der Waals surface area contributed by atoms with Crippen LogP contribution >= 0.6 is 0 Å². The van der Waals surface area contributed by atoms with Crippen molar-refractivity contribution in [2.75, 3.05) is 18.4 Å². The zero-order chi connectivity index (χ0) is 16.6. The number of aryl methyl sites for hydroxylation is 1. The first-order valence-corrected chi connectivity index (χ1v) is 8.97. The van der Waals surface area contributed by atoms with Crippen LogP contribution in [0.2, 0.25) is 0 Å². The van der Waals surface area contributed by atoms with E-state index in [-0.39, 0.29) is 23.9 Å². The van der Waals surface area contributed by atoms with E-state index >= 15 is 0 Å². The molecule has 1 amide bonds. The minimum Gasteiger partial charge on any atom is -0.481 e. The third-order valence-electron chi connectivity index (χ3n) is 4.34. The normalized spacial score (nSPS) is 22.3. The fourth-order valence-corrected chi connectivity index (χ4v) is 4.56. The number of carbonyl (C=O) groups is 2. The van der Waals surface area contributed by atoms with Gasteiger partial charge in [-0.25, -0.2) is 8.42 Å². The quantitative estimate of drug-likeness (QED) is 0.857. The first kappa shape index (κ1) is 15.9. The van der Waals surface area contributed by atoms with E-state index < -0.39 is 21.9 Å². The molecule has 1 fully saturated rings. The zero-order valence-corrected chi connectivity index (χ0v) is 13.3. The fourth-order valence-electron chi connectivity index (χ4n) is 3.01. The summed E-state index contributed by atoms with van der Waals surface area (Å²) in [5.41, 5.74) is 1.45. The number of fused-ring (bicyclic) bond motifs is 1. The van der Waals surface area contributed by atoms with Gasteiger partial charge in [0.2, 0.25) is 15.9 Å². The second kappa shape index (κ2) is 5.93. The van der Waals surface area contributed by atoms with E-state index in [2.05, 4.69) is 5.32 Å². The van der Waals surface area contributed by atoms with Crippen LogP contribution in [0.25, 0.3) is 0 Å². The highest BCUT2D eigenvalue weighted by Gasteiger charge is 2.36. The first-order valence-electron chi connectivity index (χ1n) is 7.53. The summed E-state index contributed by atoms with van der Waals surface area (Å²) in [6.07, 6.45) is 2.06. The van der Waals surface area contributed by atoms with E-state index in [1.165, 1.54) is 10.4 Å². The molecule has 7 nitrogen and oxygen atoms in total. The van der Waals surface area contributed by atoms with Gasteiger partial charge in [0, 0.05) is 25.2 Å². The number of rotatable bonds is 3. The van der Waals surface area contributed by atoms with Gasteiger partial charge >= 0.3 is 5.97 Å². The number of amides is 1. The molecule has 1 atom stereocenters. The van der Waals surface area contributed by atoms with Crippen molar-refractivity contribution in [1.29, 1.82) is 0 Å². The summed E-state index contributed by atoms with van der Waals surface area (Å²) in [6, 6.07) is 4.66. The number of nitrogens with one attached hydrogen (secondary N) is 1. The predicted molar refractivity (Wildman–Crippen MR) is 82.5 cm³/mol. The van der Waals surface area contributed by atoms with Crippen LogP contribution in [-0.2, 0) is 26.0 Å². The van der Waals surface area contributed by atoms with Gasteiger partial charge in [-0.15, -0.1) is 0 Å². The minimum absolute atomic E-state index is 0.00544. The van der Waals surface area contributed by atoms with E-state index in [9.17, 15) is 18.0 Å². The largest absolute Gasteiger partial charge is 0.481 e. The summed E-state index contributed by atoms with van der Waals surface area (Å²) in [6.45, 7) is 0.221. The van der Waals surface area contributed by atoms with E-state index in [0.29, 0.717) is 31.4 Å². The van der Waals surface area contributed by atoms with Gasteiger partial charge in [-0.1, -0.05) is 0 Å². The maximum atomic E-state index is 12.7. The molecule has 0 radical (unpaired) electrons. The number of hydrogen-bond acceptors (Lipinski definition) is 4. The number of carboxylic acid groups (broad SMARTS) is 1. The van der Waals surface area contributed by atoms with Crippen molar-refractivity contribution in [3.63, 3.8) is 0 Å². The number of carbonyl (C=O) groups excluding carboxylic acids is 1. The Bertz CT molecular complexity index is 759. The second-order valence-electron chi connectivity index (χ2n) is 5.91. The Morgan fingerprint density at radius 1 is 1.30 bits per heavy atom. The van der Waals surface area contributed by atoms with E-state index in [1.54, 1.807) is 12.1 Å². The van der Waals surface area contributed by atoms with Gasteiger partial charge in [-0.05, 0) is 43.0 Å². The average Bonchev–Trinajstić information content (AvgIpc) is 2.92. The Labute approximate surface area is 134 Å². The van der Waals surface area contributed by atoms with Crippen LogP contribution in [0, 0.1) is 5.92 Å². The molecule has 8 heteroatoms. The molecule has 1 saturated heterocycles. The topological polar surface area (TPSA) is 104 Å². The molecule has 0 aromatic heterocycles. The van der Waals surface area contributed by atoms with Crippen molar-refractivity contribution in [3.05, 3.63) is 23.8 Å². The zero-order valence-electron chi connectivity index (χ0n) is 12.5. The number of anilines is 1. The number of aliphatic carboxylic acids is 1. The lowest BCUT2D eigenvalue weighted by atomic mass is 10.1. The number of benzene rings is 1. The Morgan fingerprint density at radius 3 is 2.78 bits per heavy atom. The molecule has 2 aliphatic heterocycles. The van der Waals surface area contributed by atoms with Gasteiger partial charge in [0.25, 0.3) is 0 Å². The maximum Gasteiger partial charge on any atom is 0.307 e. The summed E-state index contributed by atoms with van der Waals surface area (Å²) >= 11 is 0. The second-order valence-corrected chi connectivity index (χ2v) is 7.85.